The predicted octanol–water partition coefficient (Wildman–Crippen LogP) is -1.19. The number of methoxy groups -OCH3 is 1. The zero-order valence-corrected chi connectivity index (χ0v) is 16.0. The standard InChI is InChI=1S/C16H28N6O3S/c1-25-7-4-19-15(23)9-20-5-2-13(3-6-20)22(18)10-16(24)21-12-26-11-14(21)8-17/h13-14H,2-7,9-12,18H2,1H3,(H,19,23)/t14-/m1/s1. The Morgan fingerprint density at radius 1 is 1.42 bits per heavy atom. The normalized spacial score (nSPS) is 21.8. The molecule has 2 rings (SSSR count). The molecule has 0 aromatic carbocycles. The van der Waals surface area contributed by atoms with Crippen LogP contribution < -0.4 is 11.2 Å². The molecule has 9 nitrogen and oxygen atoms in total. The second-order valence-corrected chi connectivity index (χ2v) is 7.53. The summed E-state index contributed by atoms with van der Waals surface area (Å²) in [7, 11) is 1.60. The van der Waals surface area contributed by atoms with E-state index in [0.717, 1.165) is 25.9 Å². The average molecular weight is 385 g/mol. The molecular weight excluding hydrogens is 356 g/mol. The summed E-state index contributed by atoms with van der Waals surface area (Å²) in [4.78, 5) is 27.9. The van der Waals surface area contributed by atoms with Crippen LogP contribution in [0.1, 0.15) is 12.8 Å². The minimum atomic E-state index is -0.348. The van der Waals surface area contributed by atoms with E-state index in [9.17, 15) is 9.59 Å². The number of nitriles is 1. The van der Waals surface area contributed by atoms with Gasteiger partial charge in [-0.2, -0.15) is 5.26 Å². The van der Waals surface area contributed by atoms with E-state index < -0.39 is 0 Å². The number of amides is 2. The number of ether oxygens (including phenoxy) is 1. The van der Waals surface area contributed by atoms with Crippen molar-refractivity contribution in [3.63, 3.8) is 0 Å². The third-order valence-corrected chi connectivity index (χ3v) is 5.70. The van der Waals surface area contributed by atoms with Gasteiger partial charge in [-0.05, 0) is 12.8 Å². The van der Waals surface area contributed by atoms with Crippen molar-refractivity contribution in [2.24, 2.45) is 5.84 Å². The van der Waals surface area contributed by atoms with Crippen molar-refractivity contribution in [3.8, 4) is 6.07 Å². The van der Waals surface area contributed by atoms with E-state index >= 15 is 0 Å². The summed E-state index contributed by atoms with van der Waals surface area (Å²) >= 11 is 1.59. The Morgan fingerprint density at radius 2 is 2.15 bits per heavy atom. The molecule has 10 heteroatoms. The maximum absolute atomic E-state index is 12.4. The summed E-state index contributed by atoms with van der Waals surface area (Å²) in [5.74, 6) is 7.24. The van der Waals surface area contributed by atoms with Gasteiger partial charge in [-0.3, -0.25) is 20.3 Å². The second-order valence-electron chi connectivity index (χ2n) is 6.53. The van der Waals surface area contributed by atoms with Gasteiger partial charge < -0.3 is 15.0 Å². The Hall–Kier alpha value is -1.38. The first-order valence-corrected chi connectivity index (χ1v) is 9.96. The van der Waals surface area contributed by atoms with Crippen LogP contribution in [-0.4, -0.2) is 96.8 Å². The highest BCUT2D eigenvalue weighted by Crippen LogP contribution is 2.21. The number of nitrogens with zero attached hydrogens (tertiary/aromatic N) is 4. The number of thioether (sulfide) groups is 1. The molecule has 26 heavy (non-hydrogen) atoms. The fourth-order valence-electron chi connectivity index (χ4n) is 3.13. The molecule has 2 fully saturated rings. The van der Waals surface area contributed by atoms with Crippen LogP contribution in [0.25, 0.3) is 0 Å². The number of piperidine rings is 1. The Balaban J connectivity index is 1.69. The van der Waals surface area contributed by atoms with Crippen LogP contribution in [-0.2, 0) is 14.3 Å². The summed E-state index contributed by atoms with van der Waals surface area (Å²) in [6.07, 6.45) is 1.62. The van der Waals surface area contributed by atoms with Gasteiger partial charge in [0.05, 0.1) is 31.6 Å². The Morgan fingerprint density at radius 3 is 2.81 bits per heavy atom. The number of rotatable bonds is 8. The summed E-state index contributed by atoms with van der Waals surface area (Å²) in [5, 5.41) is 13.5. The number of likely N-dealkylation sites (tertiary alicyclic amines) is 1. The topological polar surface area (TPSA) is 115 Å². The number of nitrogens with two attached hydrogens (primary N) is 1. The molecule has 0 aromatic heterocycles. The quantitative estimate of drug-likeness (QED) is 0.305. The van der Waals surface area contributed by atoms with Gasteiger partial charge in [0.15, 0.2) is 0 Å². The molecule has 2 aliphatic heterocycles. The van der Waals surface area contributed by atoms with Crippen molar-refractivity contribution in [1.82, 2.24) is 20.1 Å². The van der Waals surface area contributed by atoms with Crippen LogP contribution in [0.4, 0.5) is 0 Å². The SMILES string of the molecule is COCCNC(=O)CN1CCC(N(N)CC(=O)N2CSC[C@H]2C#N)CC1. The van der Waals surface area contributed by atoms with Crippen LogP contribution in [0.2, 0.25) is 0 Å². The van der Waals surface area contributed by atoms with E-state index in [-0.39, 0.29) is 30.4 Å². The van der Waals surface area contributed by atoms with Gasteiger partial charge in [0.1, 0.15) is 6.04 Å². The highest BCUT2D eigenvalue weighted by molar-refractivity contribution is 7.99. The first kappa shape index (κ1) is 20.9. The van der Waals surface area contributed by atoms with Gasteiger partial charge in [-0.25, -0.2) is 5.01 Å². The Bertz CT molecular complexity index is 521. The van der Waals surface area contributed by atoms with Crippen LogP contribution in [0.5, 0.6) is 0 Å². The number of hydrogen-bond donors (Lipinski definition) is 2. The predicted molar refractivity (Wildman–Crippen MR) is 98.8 cm³/mol. The smallest absolute Gasteiger partial charge is 0.239 e. The van der Waals surface area contributed by atoms with Gasteiger partial charge in [0.2, 0.25) is 11.8 Å². The summed E-state index contributed by atoms with van der Waals surface area (Å²) in [6.45, 7) is 3.06. The molecule has 0 radical (unpaired) electrons. The van der Waals surface area contributed by atoms with Gasteiger partial charge >= 0.3 is 0 Å². The molecule has 0 unspecified atom stereocenters. The molecule has 2 heterocycles. The number of carbonyl (C=O) groups is 2. The third-order valence-electron chi connectivity index (χ3n) is 4.69. The zero-order valence-electron chi connectivity index (χ0n) is 15.2. The molecule has 0 spiro atoms. The molecule has 3 N–H and O–H groups in total. The van der Waals surface area contributed by atoms with Crippen molar-refractivity contribution in [1.29, 1.82) is 5.26 Å². The van der Waals surface area contributed by atoms with Crippen molar-refractivity contribution in [2.75, 3.05) is 58.1 Å². The number of nitrogens with one attached hydrogen (secondary N) is 1. The van der Waals surface area contributed by atoms with E-state index in [1.807, 2.05) is 0 Å². The summed E-state index contributed by atoms with van der Waals surface area (Å²) < 4.78 is 4.91. The maximum atomic E-state index is 12.4. The van der Waals surface area contributed by atoms with E-state index in [1.165, 1.54) is 0 Å². The molecule has 0 aromatic rings. The fraction of sp³-hybridized carbons (Fsp3) is 0.812. The van der Waals surface area contributed by atoms with E-state index in [1.54, 1.807) is 28.8 Å². The highest BCUT2D eigenvalue weighted by Gasteiger charge is 2.31. The fourth-order valence-corrected chi connectivity index (χ4v) is 4.24. The average Bonchev–Trinajstić information content (AvgIpc) is 3.11. The lowest BCUT2D eigenvalue weighted by atomic mass is 10.0. The van der Waals surface area contributed by atoms with Crippen molar-refractivity contribution in [3.05, 3.63) is 0 Å². The van der Waals surface area contributed by atoms with Crippen molar-refractivity contribution >= 4 is 23.6 Å². The zero-order chi connectivity index (χ0) is 18.9. The number of hydrogen-bond acceptors (Lipinski definition) is 8. The van der Waals surface area contributed by atoms with Crippen molar-refractivity contribution in [2.45, 2.75) is 24.9 Å². The van der Waals surface area contributed by atoms with E-state index in [4.69, 9.17) is 15.8 Å². The minimum Gasteiger partial charge on any atom is -0.383 e. The first-order chi connectivity index (χ1) is 12.5. The molecule has 0 aliphatic carbocycles. The van der Waals surface area contributed by atoms with Crippen LogP contribution in [0.3, 0.4) is 0 Å². The molecule has 2 amide bonds. The van der Waals surface area contributed by atoms with E-state index in [2.05, 4.69) is 16.3 Å². The molecule has 1 atom stereocenters. The first-order valence-electron chi connectivity index (χ1n) is 8.81. The molecule has 2 saturated heterocycles. The Kier molecular flexibility index (Phi) is 8.61. The minimum absolute atomic E-state index is 0.00522. The molecule has 2 aliphatic rings. The lowest BCUT2D eigenvalue weighted by Crippen LogP contribution is -2.53. The van der Waals surface area contributed by atoms with Gasteiger partial charge in [0.25, 0.3) is 0 Å². The van der Waals surface area contributed by atoms with E-state index in [0.29, 0.717) is 31.3 Å². The number of carbonyl (C=O) groups excluding carboxylic acids is 2. The maximum Gasteiger partial charge on any atom is 0.239 e. The number of hydrazine groups is 1. The Labute approximate surface area is 158 Å². The molecule has 0 saturated carbocycles. The highest BCUT2D eigenvalue weighted by atomic mass is 32.2. The van der Waals surface area contributed by atoms with Crippen molar-refractivity contribution < 1.29 is 14.3 Å². The summed E-state index contributed by atoms with van der Waals surface area (Å²) in [6, 6.07) is 1.93. The van der Waals surface area contributed by atoms with Gasteiger partial charge in [-0.15, -0.1) is 11.8 Å². The molecular formula is C16H28N6O3S. The summed E-state index contributed by atoms with van der Waals surface area (Å²) in [5.41, 5.74) is 0. The van der Waals surface area contributed by atoms with Gasteiger partial charge in [0, 0.05) is 38.5 Å². The monoisotopic (exact) mass is 384 g/mol. The lowest BCUT2D eigenvalue weighted by Gasteiger charge is -2.36. The molecule has 146 valence electrons. The molecule has 0 bridgehead atoms. The largest absolute Gasteiger partial charge is 0.383 e. The van der Waals surface area contributed by atoms with Crippen LogP contribution in [0, 0.1) is 11.3 Å². The van der Waals surface area contributed by atoms with Crippen LogP contribution in [0.15, 0.2) is 0 Å². The third kappa shape index (κ3) is 6.10. The second kappa shape index (κ2) is 10.7. The van der Waals surface area contributed by atoms with Gasteiger partial charge in [-0.1, -0.05) is 0 Å². The van der Waals surface area contributed by atoms with Crippen LogP contribution >= 0.6 is 11.8 Å². The lowest BCUT2D eigenvalue weighted by molar-refractivity contribution is -0.132.